The summed E-state index contributed by atoms with van der Waals surface area (Å²) in [5.74, 6) is -0.749. The summed E-state index contributed by atoms with van der Waals surface area (Å²) >= 11 is 0. The van der Waals surface area contributed by atoms with E-state index in [2.05, 4.69) is 33.8 Å². The van der Waals surface area contributed by atoms with E-state index in [1.165, 1.54) is 6.42 Å². The molecule has 5 heterocycles. The van der Waals surface area contributed by atoms with E-state index in [-0.39, 0.29) is 12.5 Å². The molecule has 4 aliphatic rings. The van der Waals surface area contributed by atoms with Crippen LogP contribution in [-0.2, 0) is 21.0 Å². The van der Waals surface area contributed by atoms with Gasteiger partial charge in [-0.25, -0.2) is 4.79 Å². The Morgan fingerprint density at radius 2 is 1.85 bits per heavy atom. The number of ether oxygens (including phenoxy) is 1. The highest BCUT2D eigenvalue weighted by Crippen LogP contribution is 2.42. The van der Waals surface area contributed by atoms with Crippen molar-refractivity contribution in [2.75, 3.05) is 13.1 Å². The van der Waals surface area contributed by atoms with Crippen molar-refractivity contribution in [1.82, 2.24) is 9.88 Å². The largest absolute Gasteiger partial charge is 0.489 e. The van der Waals surface area contributed by atoms with Gasteiger partial charge in [-0.05, 0) is 66.6 Å². The monoisotopic (exact) mass is 649 g/mol. The Balaban J connectivity index is 0.000000169. The Kier molecular flexibility index (Phi) is 9.84. The Morgan fingerprint density at radius 1 is 1.06 bits per heavy atom. The Labute approximate surface area is 278 Å². The molecule has 4 aliphatic heterocycles. The third-order valence-electron chi connectivity index (χ3n) is 9.55. The van der Waals surface area contributed by atoms with E-state index in [1.807, 2.05) is 60.8 Å². The van der Waals surface area contributed by atoms with Gasteiger partial charge in [-0.15, -0.1) is 6.58 Å². The van der Waals surface area contributed by atoms with Crippen molar-refractivity contribution in [1.29, 1.82) is 0 Å². The second kappa shape index (κ2) is 14.4. The number of hydrogen-bond donors (Lipinski definition) is 3. The molecule has 1 aromatic heterocycles. The van der Waals surface area contributed by atoms with Gasteiger partial charge >= 0.3 is 11.9 Å². The number of aliphatic carboxylic acids is 2. The number of pyridine rings is 1. The van der Waals surface area contributed by atoms with Crippen molar-refractivity contribution >= 4 is 28.6 Å². The smallest absolute Gasteiger partial charge is 0.351 e. The van der Waals surface area contributed by atoms with Gasteiger partial charge in [-0.2, -0.15) is 0 Å². The number of rotatable bonds is 10. The number of aromatic nitrogens is 1. The normalized spacial score (nSPS) is 24.8. The number of benzene rings is 3. The Morgan fingerprint density at radius 3 is 2.58 bits per heavy atom. The number of carboxylic acids is 2. The van der Waals surface area contributed by atoms with E-state index in [1.54, 1.807) is 24.3 Å². The summed E-state index contributed by atoms with van der Waals surface area (Å²) in [7, 11) is 0. The third-order valence-corrected chi connectivity index (χ3v) is 9.55. The topological polar surface area (TPSA) is 142 Å². The van der Waals surface area contributed by atoms with Crippen molar-refractivity contribution in [2.45, 2.75) is 50.0 Å². The molecular formula is C38H39N3O7. The summed E-state index contributed by atoms with van der Waals surface area (Å²) < 4.78 is 5.75. The minimum absolute atomic E-state index is 0.128. The molecule has 2 bridgehead atoms. The van der Waals surface area contributed by atoms with E-state index in [4.69, 9.17) is 14.7 Å². The third kappa shape index (κ3) is 7.10. The van der Waals surface area contributed by atoms with E-state index in [9.17, 15) is 19.8 Å². The van der Waals surface area contributed by atoms with Crippen LogP contribution < -0.4 is 4.74 Å². The van der Waals surface area contributed by atoms with Crippen molar-refractivity contribution in [3.05, 3.63) is 120 Å². The lowest BCUT2D eigenvalue weighted by Gasteiger charge is -2.50. The quantitative estimate of drug-likeness (QED) is 0.180. The Hall–Kier alpha value is -5.06. The fourth-order valence-corrected chi connectivity index (χ4v) is 6.96. The van der Waals surface area contributed by atoms with Crippen molar-refractivity contribution in [3.63, 3.8) is 0 Å². The van der Waals surface area contributed by atoms with E-state index < -0.39 is 30.1 Å². The minimum atomic E-state index is -1.87. The fraction of sp³-hybridized carbons (Fsp3) is 0.316. The summed E-state index contributed by atoms with van der Waals surface area (Å²) in [6, 6.07) is 27.0. The lowest BCUT2D eigenvalue weighted by Crippen LogP contribution is -2.54. The average Bonchev–Trinajstić information content (AvgIpc) is 3.56. The summed E-state index contributed by atoms with van der Waals surface area (Å²) in [6.45, 7) is 6.51. The number of aliphatic hydroxyl groups excluding tert-OH is 1. The van der Waals surface area contributed by atoms with Crippen molar-refractivity contribution in [3.8, 4) is 5.75 Å². The molecule has 1 unspecified atom stereocenters. The van der Waals surface area contributed by atoms with Gasteiger partial charge in [0.25, 0.3) is 0 Å². The lowest BCUT2D eigenvalue weighted by atomic mass is 9.73. The second-order valence-electron chi connectivity index (χ2n) is 12.6. The molecule has 248 valence electrons. The molecule has 0 spiro atoms. The highest BCUT2D eigenvalue weighted by molar-refractivity contribution is 6.05. The molecular weight excluding hydrogens is 610 g/mol. The molecule has 4 aromatic rings. The molecule has 10 heteroatoms. The van der Waals surface area contributed by atoms with Crippen LogP contribution in [0.25, 0.3) is 10.9 Å². The number of piperidine rings is 3. The standard InChI is InChI=1S/C19H22N2O.C19H17NO6/c1-2-13-12-21-10-8-14(13)11-18(21)19(22)16-7-9-20-17-6-4-3-5-15(16)17;21-17(22)11-19(18(23)24)10-16(20-26-19)14-7-4-8-15(9-14)25-12-13-5-2-1-3-6-13/h2-7,9,13-14,18-19,22H,1,8,10-12H2;1-9H,10-12H2,(H,21,22)(H,23,24)/t13-,14-,18-,19+;19-/m01/s1. The van der Waals surface area contributed by atoms with Gasteiger partial charge in [0.2, 0.25) is 5.60 Å². The molecule has 0 amide bonds. The Bertz CT molecular complexity index is 1810. The maximum absolute atomic E-state index is 11.5. The molecule has 8 rings (SSSR count). The van der Waals surface area contributed by atoms with Crippen LogP contribution in [0.2, 0.25) is 0 Å². The number of carboxylic acid groups (broad SMARTS) is 2. The maximum atomic E-state index is 11.5. The van der Waals surface area contributed by atoms with Gasteiger partial charge in [0.1, 0.15) is 12.4 Å². The van der Waals surface area contributed by atoms with Gasteiger partial charge < -0.3 is 24.9 Å². The lowest BCUT2D eigenvalue weighted by molar-refractivity contribution is -0.169. The predicted molar refractivity (Wildman–Crippen MR) is 181 cm³/mol. The molecule has 3 fully saturated rings. The van der Waals surface area contributed by atoms with Crippen molar-refractivity contribution in [2.24, 2.45) is 17.0 Å². The number of oxime groups is 1. The predicted octanol–water partition coefficient (Wildman–Crippen LogP) is 5.85. The highest BCUT2D eigenvalue weighted by atomic mass is 16.7. The van der Waals surface area contributed by atoms with Crippen LogP contribution in [0.5, 0.6) is 5.75 Å². The number of nitrogens with zero attached hydrogens (tertiary/aromatic N) is 3. The number of para-hydroxylation sites is 1. The van der Waals surface area contributed by atoms with E-state index >= 15 is 0 Å². The zero-order valence-corrected chi connectivity index (χ0v) is 26.5. The first-order valence-electron chi connectivity index (χ1n) is 16.1. The number of fused-ring (bicyclic) bond motifs is 4. The minimum Gasteiger partial charge on any atom is -0.489 e. The molecule has 0 aliphatic carbocycles. The second-order valence-corrected chi connectivity index (χ2v) is 12.6. The number of carbonyl (C=O) groups is 2. The van der Waals surface area contributed by atoms with Crippen LogP contribution in [0.3, 0.4) is 0 Å². The van der Waals surface area contributed by atoms with Gasteiger partial charge in [0.15, 0.2) is 0 Å². The zero-order chi connectivity index (χ0) is 33.7. The van der Waals surface area contributed by atoms with Gasteiger partial charge in [-0.3, -0.25) is 14.7 Å². The number of aliphatic hydroxyl groups is 1. The molecule has 3 saturated heterocycles. The summed E-state index contributed by atoms with van der Waals surface area (Å²) in [6.07, 6.45) is 4.97. The van der Waals surface area contributed by atoms with E-state index in [0.29, 0.717) is 35.5 Å². The molecule has 0 saturated carbocycles. The average molecular weight is 650 g/mol. The fourth-order valence-electron chi connectivity index (χ4n) is 6.96. The SMILES string of the molecule is C=C[C@H]1CN2CC[C@H]1C[C@H]2[C@H](O)c1ccnc2ccccc12.O=C(O)C[C@@]1(C(=O)O)CC(c2cccc(OCc3ccccc3)c2)=NO1. The van der Waals surface area contributed by atoms with Gasteiger partial charge in [0.05, 0.1) is 23.8 Å². The first-order chi connectivity index (χ1) is 23.3. The molecule has 48 heavy (non-hydrogen) atoms. The van der Waals surface area contributed by atoms with Crippen LogP contribution in [0.1, 0.15) is 48.5 Å². The molecule has 10 nitrogen and oxygen atoms in total. The number of hydrogen-bond acceptors (Lipinski definition) is 8. The molecule has 6 atom stereocenters. The van der Waals surface area contributed by atoms with Crippen LogP contribution in [0.4, 0.5) is 0 Å². The summed E-state index contributed by atoms with van der Waals surface area (Å²) in [5, 5.41) is 34.2. The molecule has 3 aromatic carbocycles. The van der Waals surface area contributed by atoms with Crippen LogP contribution in [-0.4, -0.2) is 67.6 Å². The van der Waals surface area contributed by atoms with Crippen LogP contribution in [0.15, 0.2) is 109 Å². The summed E-state index contributed by atoms with van der Waals surface area (Å²) in [4.78, 5) is 34.3. The first-order valence-corrected chi connectivity index (χ1v) is 16.1. The van der Waals surface area contributed by atoms with Gasteiger partial charge in [0, 0.05) is 36.2 Å². The van der Waals surface area contributed by atoms with E-state index in [0.717, 1.165) is 41.5 Å². The summed E-state index contributed by atoms with van der Waals surface area (Å²) in [5.41, 5.74) is 2.12. The van der Waals surface area contributed by atoms with Crippen LogP contribution in [0, 0.1) is 11.8 Å². The van der Waals surface area contributed by atoms with Crippen LogP contribution >= 0.6 is 0 Å². The van der Waals surface area contributed by atoms with Crippen molar-refractivity contribution < 1.29 is 34.5 Å². The van der Waals surface area contributed by atoms with Gasteiger partial charge in [-0.1, -0.05) is 71.9 Å². The maximum Gasteiger partial charge on any atom is 0.351 e. The first kappa shape index (κ1) is 32.9. The molecule has 0 radical (unpaired) electrons. The molecule has 3 N–H and O–H groups in total. The zero-order valence-electron chi connectivity index (χ0n) is 26.5. The highest BCUT2D eigenvalue weighted by Gasteiger charge is 2.49.